The third-order valence-corrected chi connectivity index (χ3v) is 10.7. The molecule has 3 unspecified atom stereocenters. The van der Waals surface area contributed by atoms with Gasteiger partial charge in [0, 0.05) is 17.9 Å². The number of hydrogen-bond donors (Lipinski definition) is 0. The van der Waals surface area contributed by atoms with Crippen molar-refractivity contribution in [1.29, 1.82) is 0 Å². The molecule has 0 bridgehead atoms. The van der Waals surface area contributed by atoms with Crippen LogP contribution in [-0.4, -0.2) is 20.2 Å². The van der Waals surface area contributed by atoms with Gasteiger partial charge >= 0.3 is 0 Å². The maximum absolute atomic E-state index is 12.7. The van der Waals surface area contributed by atoms with E-state index in [1.165, 1.54) is 38.5 Å². The van der Waals surface area contributed by atoms with E-state index in [9.17, 15) is 4.79 Å². The zero-order valence-electron chi connectivity index (χ0n) is 18.0. The molecule has 4 aliphatic rings. The van der Waals surface area contributed by atoms with Crippen LogP contribution in [-0.2, 0) is 9.22 Å². The summed E-state index contributed by atoms with van der Waals surface area (Å²) in [6.07, 6.45) is 11.5. The fourth-order valence-electron chi connectivity index (χ4n) is 7.97. The molecule has 4 rings (SSSR count). The molecule has 0 heterocycles. The first kappa shape index (κ1) is 19.2. The molecule has 0 aromatic rings. The number of carbonyl (C=O) groups is 1. The maximum atomic E-state index is 12.7. The second-order valence-electron chi connectivity index (χ2n) is 11.8. The quantitative estimate of drug-likeness (QED) is 0.536. The Morgan fingerprint density at radius 2 is 1.65 bits per heavy atom. The van der Waals surface area contributed by atoms with Gasteiger partial charge in [-0.15, -0.1) is 0 Å². The van der Waals surface area contributed by atoms with Crippen LogP contribution in [0.4, 0.5) is 0 Å². The van der Waals surface area contributed by atoms with E-state index in [-0.39, 0.29) is 10.8 Å². The van der Waals surface area contributed by atoms with Crippen molar-refractivity contribution in [3.05, 3.63) is 0 Å². The highest BCUT2D eigenvalue weighted by atomic mass is 28.4. The molecule has 0 saturated heterocycles. The van der Waals surface area contributed by atoms with Gasteiger partial charge in [0.2, 0.25) is 0 Å². The van der Waals surface area contributed by atoms with Crippen molar-refractivity contribution in [3.8, 4) is 0 Å². The van der Waals surface area contributed by atoms with E-state index < -0.39 is 8.32 Å². The molecule has 0 amide bonds. The summed E-state index contributed by atoms with van der Waals surface area (Å²) in [5.74, 6) is 3.00. The molecule has 0 radical (unpaired) electrons. The average Bonchev–Trinajstić information content (AvgIpc) is 2.78. The minimum Gasteiger partial charge on any atom is -0.415 e. The highest BCUT2D eigenvalue weighted by Crippen LogP contribution is 2.70. The van der Waals surface area contributed by atoms with E-state index >= 15 is 0 Å². The molecule has 4 saturated carbocycles. The minimum absolute atomic E-state index is 0.0322. The molecule has 0 aromatic carbocycles. The van der Waals surface area contributed by atoms with Crippen molar-refractivity contribution in [2.45, 2.75) is 104 Å². The van der Waals surface area contributed by atoms with Crippen molar-refractivity contribution in [3.63, 3.8) is 0 Å². The van der Waals surface area contributed by atoms with Gasteiger partial charge in [-0.2, -0.15) is 0 Å². The number of Topliss-reactive ketones (excluding diaryl/α,β-unsaturated/α-hetero) is 1. The molecular formula is C23H40O2Si. The van der Waals surface area contributed by atoms with Crippen LogP contribution in [0.25, 0.3) is 0 Å². The molecule has 26 heavy (non-hydrogen) atoms. The third-order valence-electron chi connectivity index (χ3n) is 9.69. The first-order chi connectivity index (χ1) is 12.0. The fourth-order valence-corrected chi connectivity index (χ4v) is 9.18. The van der Waals surface area contributed by atoms with Crippen molar-refractivity contribution < 1.29 is 9.22 Å². The van der Waals surface area contributed by atoms with Crippen molar-refractivity contribution >= 4 is 14.1 Å². The van der Waals surface area contributed by atoms with Gasteiger partial charge < -0.3 is 4.43 Å². The number of hydrogen-bond acceptors (Lipinski definition) is 2. The molecular weight excluding hydrogens is 336 g/mol. The Labute approximate surface area is 162 Å². The Balaban J connectivity index is 1.57. The minimum atomic E-state index is -1.44. The number of fused-ring (bicyclic) bond motifs is 5. The summed E-state index contributed by atoms with van der Waals surface area (Å²) in [6, 6.07) is 0. The number of rotatable bonds is 2. The largest absolute Gasteiger partial charge is 0.415 e. The highest BCUT2D eigenvalue weighted by Gasteiger charge is 2.65. The van der Waals surface area contributed by atoms with Gasteiger partial charge in [-0.05, 0) is 99.6 Å². The molecule has 148 valence electrons. The maximum Gasteiger partial charge on any atom is 0.184 e. The Kier molecular flexibility index (Phi) is 4.37. The summed E-state index contributed by atoms with van der Waals surface area (Å²) in [7, 11) is -1.44. The molecule has 4 fully saturated rings. The van der Waals surface area contributed by atoms with E-state index in [4.69, 9.17) is 4.43 Å². The molecule has 2 nitrogen and oxygen atoms in total. The highest BCUT2D eigenvalue weighted by molar-refractivity contribution is 6.69. The predicted molar refractivity (Wildman–Crippen MR) is 110 cm³/mol. The average molecular weight is 377 g/mol. The Hall–Kier alpha value is -0.153. The smallest absolute Gasteiger partial charge is 0.184 e. The van der Waals surface area contributed by atoms with E-state index in [0.717, 1.165) is 37.0 Å². The Morgan fingerprint density at radius 1 is 0.923 bits per heavy atom. The summed E-state index contributed by atoms with van der Waals surface area (Å²) in [5, 5.41) is 0. The zero-order chi connectivity index (χ0) is 19.0. The van der Waals surface area contributed by atoms with E-state index in [1.807, 2.05) is 0 Å². The van der Waals surface area contributed by atoms with Crippen molar-refractivity contribution in [2.24, 2.45) is 34.0 Å². The first-order valence-corrected chi connectivity index (χ1v) is 14.6. The van der Waals surface area contributed by atoms with E-state index in [1.54, 1.807) is 0 Å². The van der Waals surface area contributed by atoms with Gasteiger partial charge in [0.15, 0.2) is 8.32 Å². The van der Waals surface area contributed by atoms with Crippen LogP contribution >= 0.6 is 0 Å². The van der Waals surface area contributed by atoms with Crippen LogP contribution in [0.1, 0.15) is 78.6 Å². The Bertz CT molecular complexity index is 596. The lowest BCUT2D eigenvalue weighted by molar-refractivity contribution is -0.162. The number of carbonyl (C=O) groups excluding carboxylic acids is 1. The van der Waals surface area contributed by atoms with Crippen LogP contribution in [0.3, 0.4) is 0 Å². The molecule has 4 aliphatic carbocycles. The van der Waals surface area contributed by atoms with Crippen molar-refractivity contribution in [2.75, 3.05) is 0 Å². The van der Waals surface area contributed by atoms with Gasteiger partial charge in [-0.3, -0.25) is 4.79 Å². The van der Waals surface area contributed by atoms with Crippen LogP contribution in [0.5, 0.6) is 0 Å². The molecule has 0 N–H and O–H groups in total. The first-order valence-electron chi connectivity index (χ1n) is 11.2. The monoisotopic (exact) mass is 376 g/mol. The molecule has 0 aliphatic heterocycles. The van der Waals surface area contributed by atoms with E-state index in [0.29, 0.717) is 17.3 Å². The molecule has 7 atom stereocenters. The standard InChI is InChI=1S/C23H40O2Si/c1-21-12-9-17(25-26(4,5)6)15-16(21)7-8-19-18(21)10-13-23(3)20(24)11-14-22(19,23)2/h16-19H,7-15H2,1-6H3/t16?,17-,18?,19?,21-,22-,23+/m0/s1. The van der Waals surface area contributed by atoms with Crippen LogP contribution in [0.2, 0.25) is 19.6 Å². The van der Waals surface area contributed by atoms with Gasteiger partial charge in [-0.1, -0.05) is 20.8 Å². The summed E-state index contributed by atoms with van der Waals surface area (Å²) in [4.78, 5) is 12.7. The predicted octanol–water partition coefficient (Wildman–Crippen LogP) is 6.21. The lowest BCUT2D eigenvalue weighted by Gasteiger charge is -2.63. The van der Waals surface area contributed by atoms with Crippen LogP contribution in [0, 0.1) is 34.0 Å². The third kappa shape index (κ3) is 2.63. The van der Waals surface area contributed by atoms with Gasteiger partial charge in [0.1, 0.15) is 5.78 Å². The second kappa shape index (κ2) is 5.92. The summed E-state index contributed by atoms with van der Waals surface area (Å²) < 4.78 is 6.52. The molecule has 0 aromatic heterocycles. The summed E-state index contributed by atoms with van der Waals surface area (Å²) in [5.41, 5.74) is 0.709. The van der Waals surface area contributed by atoms with Gasteiger partial charge in [0.05, 0.1) is 0 Å². The second-order valence-corrected chi connectivity index (χ2v) is 16.3. The van der Waals surface area contributed by atoms with Crippen LogP contribution < -0.4 is 0 Å². The lowest BCUT2D eigenvalue weighted by Crippen LogP contribution is -2.58. The molecule has 0 spiro atoms. The normalized spacial score (nSPS) is 51.5. The topological polar surface area (TPSA) is 26.3 Å². The number of ketones is 1. The summed E-state index contributed by atoms with van der Waals surface area (Å²) in [6.45, 7) is 14.4. The summed E-state index contributed by atoms with van der Waals surface area (Å²) >= 11 is 0. The van der Waals surface area contributed by atoms with Crippen molar-refractivity contribution in [1.82, 2.24) is 0 Å². The zero-order valence-corrected chi connectivity index (χ0v) is 19.0. The molecule has 3 heteroatoms. The van der Waals surface area contributed by atoms with Crippen LogP contribution in [0.15, 0.2) is 0 Å². The fraction of sp³-hybridized carbons (Fsp3) is 0.957. The van der Waals surface area contributed by atoms with Gasteiger partial charge in [-0.25, -0.2) is 0 Å². The van der Waals surface area contributed by atoms with Gasteiger partial charge in [0.25, 0.3) is 0 Å². The lowest BCUT2D eigenvalue weighted by atomic mass is 9.41. The van der Waals surface area contributed by atoms with E-state index in [2.05, 4.69) is 40.4 Å². The Morgan fingerprint density at radius 3 is 2.35 bits per heavy atom. The SMILES string of the molecule is C[C@]12CC[C@H](O[Si](C)(C)C)CC1CCC1C2CC[C@]2(C)C(=O)CC[C@@]12C.